The predicted molar refractivity (Wildman–Crippen MR) is 99.2 cm³/mol. The van der Waals surface area contributed by atoms with Gasteiger partial charge >= 0.3 is 0 Å². The van der Waals surface area contributed by atoms with Gasteiger partial charge in [-0.25, -0.2) is 24.3 Å². The zero-order valence-electron chi connectivity index (χ0n) is 13.9. The van der Waals surface area contributed by atoms with Crippen molar-refractivity contribution in [3.05, 3.63) is 41.6 Å². The summed E-state index contributed by atoms with van der Waals surface area (Å²) in [6, 6.07) is 4.50. The van der Waals surface area contributed by atoms with Gasteiger partial charge in [-0.05, 0) is 31.0 Å². The lowest BCUT2D eigenvalue weighted by molar-refractivity contribution is 0.500. The number of hydrogen-bond acceptors (Lipinski definition) is 7. The fourth-order valence-corrected chi connectivity index (χ4v) is 3.17. The quantitative estimate of drug-likeness (QED) is 0.729. The fourth-order valence-electron chi connectivity index (χ4n) is 2.99. The maximum Gasteiger partial charge on any atom is 0.226 e. The van der Waals surface area contributed by atoms with Crippen LogP contribution < -0.4 is 16.0 Å². The summed E-state index contributed by atoms with van der Waals surface area (Å²) in [7, 11) is 0. The summed E-state index contributed by atoms with van der Waals surface area (Å²) in [4.78, 5) is 19.6. The van der Waals surface area contributed by atoms with E-state index in [1.54, 1.807) is 12.3 Å². The summed E-state index contributed by atoms with van der Waals surface area (Å²) in [5.41, 5.74) is 7.86. The van der Waals surface area contributed by atoms with Crippen molar-refractivity contribution in [3.63, 3.8) is 0 Å². The SMILES string of the molecule is NC1CCCN(c2ncc3ncnc(Nc4ccc(F)c(Cl)c4)c3n2)C1. The van der Waals surface area contributed by atoms with Crippen molar-refractivity contribution in [3.8, 4) is 0 Å². The molecule has 9 heteroatoms. The molecule has 1 aromatic carbocycles. The number of anilines is 3. The molecule has 1 saturated heterocycles. The normalized spacial score (nSPS) is 17.5. The van der Waals surface area contributed by atoms with Gasteiger partial charge in [0.1, 0.15) is 23.2 Å². The number of rotatable bonds is 3. The van der Waals surface area contributed by atoms with Gasteiger partial charge in [0, 0.05) is 24.8 Å². The fraction of sp³-hybridized carbons (Fsp3) is 0.294. The van der Waals surface area contributed by atoms with E-state index in [4.69, 9.17) is 17.3 Å². The van der Waals surface area contributed by atoms with E-state index in [1.165, 1.54) is 18.5 Å². The lowest BCUT2D eigenvalue weighted by atomic mass is 10.1. The molecule has 0 bridgehead atoms. The van der Waals surface area contributed by atoms with Crippen LogP contribution >= 0.6 is 11.6 Å². The minimum Gasteiger partial charge on any atom is -0.339 e. The molecule has 0 spiro atoms. The molecule has 2 aromatic heterocycles. The molecule has 3 N–H and O–H groups in total. The number of piperidine rings is 1. The molecule has 7 nitrogen and oxygen atoms in total. The van der Waals surface area contributed by atoms with Gasteiger partial charge in [-0.2, -0.15) is 0 Å². The van der Waals surface area contributed by atoms with Crippen molar-refractivity contribution < 1.29 is 4.39 Å². The first-order valence-electron chi connectivity index (χ1n) is 8.30. The Balaban J connectivity index is 1.70. The number of aromatic nitrogens is 4. The third kappa shape index (κ3) is 3.38. The molecule has 4 rings (SSSR count). The van der Waals surface area contributed by atoms with E-state index in [0.717, 1.165) is 25.9 Å². The second-order valence-corrected chi connectivity index (χ2v) is 6.64. The third-order valence-electron chi connectivity index (χ3n) is 4.29. The topological polar surface area (TPSA) is 92.9 Å². The maximum absolute atomic E-state index is 13.4. The number of halogens is 2. The van der Waals surface area contributed by atoms with Crippen LogP contribution in [0.25, 0.3) is 11.0 Å². The Morgan fingerprint density at radius 2 is 2.15 bits per heavy atom. The second kappa shape index (κ2) is 6.97. The summed E-state index contributed by atoms with van der Waals surface area (Å²) in [6.07, 6.45) is 5.11. The number of nitrogens with one attached hydrogen (secondary N) is 1. The Morgan fingerprint density at radius 3 is 2.96 bits per heavy atom. The molecule has 1 aliphatic rings. The van der Waals surface area contributed by atoms with Crippen molar-refractivity contribution in [1.29, 1.82) is 0 Å². The van der Waals surface area contributed by atoms with Crippen LogP contribution in [0.5, 0.6) is 0 Å². The van der Waals surface area contributed by atoms with Gasteiger partial charge in [-0.15, -0.1) is 0 Å². The molecule has 3 heterocycles. The second-order valence-electron chi connectivity index (χ2n) is 6.23. The van der Waals surface area contributed by atoms with Crippen LogP contribution in [0.15, 0.2) is 30.7 Å². The van der Waals surface area contributed by atoms with Crippen molar-refractivity contribution in [1.82, 2.24) is 19.9 Å². The Kier molecular flexibility index (Phi) is 4.52. The molecule has 3 aromatic rings. The third-order valence-corrected chi connectivity index (χ3v) is 4.58. The smallest absolute Gasteiger partial charge is 0.226 e. The van der Waals surface area contributed by atoms with Crippen LogP contribution in [0, 0.1) is 5.82 Å². The van der Waals surface area contributed by atoms with Crippen LogP contribution in [-0.4, -0.2) is 39.1 Å². The summed E-state index contributed by atoms with van der Waals surface area (Å²) in [5.74, 6) is 0.626. The molecule has 0 amide bonds. The van der Waals surface area contributed by atoms with Gasteiger partial charge in [0.2, 0.25) is 5.95 Å². The Labute approximate surface area is 154 Å². The van der Waals surface area contributed by atoms with E-state index in [0.29, 0.717) is 28.5 Å². The average Bonchev–Trinajstić information content (AvgIpc) is 2.65. The zero-order chi connectivity index (χ0) is 18.1. The van der Waals surface area contributed by atoms with Crippen LogP contribution in [0.4, 0.5) is 21.8 Å². The molecule has 134 valence electrons. The van der Waals surface area contributed by atoms with Gasteiger partial charge < -0.3 is 16.0 Å². The first-order valence-corrected chi connectivity index (χ1v) is 8.68. The van der Waals surface area contributed by atoms with Gasteiger partial charge in [-0.3, -0.25) is 0 Å². The van der Waals surface area contributed by atoms with Crippen molar-refractivity contribution in [2.45, 2.75) is 18.9 Å². The molecule has 1 aliphatic heterocycles. The van der Waals surface area contributed by atoms with Crippen molar-refractivity contribution in [2.24, 2.45) is 5.73 Å². The lowest BCUT2D eigenvalue weighted by Crippen LogP contribution is -2.43. The molecule has 1 unspecified atom stereocenters. The monoisotopic (exact) mass is 373 g/mol. The standard InChI is InChI=1S/C17H17ClFN7/c18-12-6-11(3-4-13(12)19)24-16-15-14(22-9-23-16)7-21-17(25-15)26-5-1-2-10(20)8-26/h3-4,6-7,9-10H,1-2,5,8,20H2,(H,22,23,24). The van der Waals surface area contributed by atoms with Gasteiger partial charge in [0.05, 0.1) is 11.2 Å². The van der Waals surface area contributed by atoms with Crippen LogP contribution in [-0.2, 0) is 0 Å². The van der Waals surface area contributed by atoms with Gasteiger partial charge in [-0.1, -0.05) is 11.6 Å². The summed E-state index contributed by atoms with van der Waals surface area (Å²) in [6.45, 7) is 1.58. The van der Waals surface area contributed by atoms with E-state index in [2.05, 4.69) is 30.2 Å². The molecule has 0 radical (unpaired) electrons. The highest BCUT2D eigenvalue weighted by molar-refractivity contribution is 6.31. The van der Waals surface area contributed by atoms with Crippen molar-refractivity contribution in [2.75, 3.05) is 23.3 Å². The van der Waals surface area contributed by atoms with E-state index in [1.807, 2.05) is 0 Å². The Morgan fingerprint density at radius 1 is 1.27 bits per heavy atom. The molecular weight excluding hydrogens is 357 g/mol. The van der Waals surface area contributed by atoms with Crippen LogP contribution in [0.3, 0.4) is 0 Å². The molecule has 0 saturated carbocycles. The first-order chi connectivity index (χ1) is 12.6. The number of fused-ring (bicyclic) bond motifs is 1. The number of nitrogens with zero attached hydrogens (tertiary/aromatic N) is 5. The van der Waals surface area contributed by atoms with Crippen LogP contribution in [0.1, 0.15) is 12.8 Å². The molecule has 0 aliphatic carbocycles. The van der Waals surface area contributed by atoms with E-state index in [9.17, 15) is 4.39 Å². The predicted octanol–water partition coefficient (Wildman–Crippen LogP) is 2.88. The van der Waals surface area contributed by atoms with E-state index in [-0.39, 0.29) is 11.1 Å². The van der Waals surface area contributed by atoms with Gasteiger partial charge in [0.15, 0.2) is 5.82 Å². The molecule has 1 fully saturated rings. The highest BCUT2D eigenvalue weighted by atomic mass is 35.5. The average molecular weight is 374 g/mol. The number of hydrogen-bond donors (Lipinski definition) is 2. The Bertz CT molecular complexity index is 952. The number of nitrogens with two attached hydrogens (primary N) is 1. The van der Waals surface area contributed by atoms with Crippen molar-refractivity contribution >= 4 is 40.1 Å². The van der Waals surface area contributed by atoms with Gasteiger partial charge in [0.25, 0.3) is 0 Å². The highest BCUT2D eigenvalue weighted by Crippen LogP contribution is 2.26. The summed E-state index contributed by atoms with van der Waals surface area (Å²) in [5, 5.41) is 3.15. The highest BCUT2D eigenvalue weighted by Gasteiger charge is 2.20. The molecular formula is C17H17ClFN7. The summed E-state index contributed by atoms with van der Waals surface area (Å²) >= 11 is 5.85. The first kappa shape index (κ1) is 16.9. The van der Waals surface area contributed by atoms with E-state index >= 15 is 0 Å². The van der Waals surface area contributed by atoms with E-state index < -0.39 is 5.82 Å². The molecule has 26 heavy (non-hydrogen) atoms. The molecule has 1 atom stereocenters. The summed E-state index contributed by atoms with van der Waals surface area (Å²) < 4.78 is 13.4. The zero-order valence-corrected chi connectivity index (χ0v) is 14.6. The maximum atomic E-state index is 13.4. The minimum atomic E-state index is -0.476. The van der Waals surface area contributed by atoms with Crippen LogP contribution in [0.2, 0.25) is 5.02 Å². The number of benzene rings is 1. The largest absolute Gasteiger partial charge is 0.339 e. The lowest BCUT2D eigenvalue weighted by Gasteiger charge is -2.30. The minimum absolute atomic E-state index is 0.0333. The Hall–Kier alpha value is -2.58.